The topological polar surface area (TPSA) is 69.6 Å². The van der Waals surface area contributed by atoms with Crippen LogP contribution in [0.4, 0.5) is 10.5 Å². The van der Waals surface area contributed by atoms with E-state index in [2.05, 4.69) is 37.2 Å². The van der Waals surface area contributed by atoms with E-state index in [1.807, 2.05) is 6.07 Å². The van der Waals surface area contributed by atoms with E-state index in [0.717, 1.165) is 8.95 Å². The van der Waals surface area contributed by atoms with E-state index in [9.17, 15) is 9.59 Å². The maximum atomic E-state index is 12.1. The van der Waals surface area contributed by atoms with Crippen molar-refractivity contribution >= 4 is 49.5 Å². The number of nitrogens with one attached hydrogen (secondary N) is 1. The van der Waals surface area contributed by atoms with E-state index >= 15 is 0 Å². The van der Waals surface area contributed by atoms with Gasteiger partial charge in [-0.1, -0.05) is 15.9 Å². The molecule has 1 atom stereocenters. The fourth-order valence-corrected chi connectivity index (χ4v) is 3.19. The third-order valence-corrected chi connectivity index (χ3v) is 4.12. The maximum Gasteiger partial charge on any atom is 0.326 e. The number of carboxylic acid groups (broad SMARTS) is 1. The van der Waals surface area contributed by atoms with Gasteiger partial charge in [-0.15, -0.1) is 0 Å². The van der Waals surface area contributed by atoms with E-state index in [4.69, 9.17) is 5.11 Å². The molecule has 0 aliphatic carbocycles. The highest BCUT2D eigenvalue weighted by Gasteiger charge is 2.34. The highest BCUT2D eigenvalue weighted by molar-refractivity contribution is 9.11. The van der Waals surface area contributed by atoms with Crippen molar-refractivity contribution in [1.29, 1.82) is 0 Å². The predicted molar refractivity (Wildman–Crippen MR) is 78.2 cm³/mol. The maximum absolute atomic E-state index is 12.1. The standard InChI is InChI=1S/C12H12Br2N2O3/c13-7-3-4-9(8(14)6-7)15-12(19)16-5-1-2-10(16)11(17)18/h3-4,6,10H,1-2,5H2,(H,15,19)(H,17,18). The second kappa shape index (κ2) is 5.92. The largest absolute Gasteiger partial charge is 0.480 e. The summed E-state index contributed by atoms with van der Waals surface area (Å²) in [6.07, 6.45) is 1.22. The van der Waals surface area contributed by atoms with Gasteiger partial charge in [-0.3, -0.25) is 0 Å². The Labute approximate surface area is 127 Å². The van der Waals surface area contributed by atoms with Crippen molar-refractivity contribution in [2.24, 2.45) is 0 Å². The van der Waals surface area contributed by atoms with Crippen LogP contribution in [0.15, 0.2) is 27.1 Å². The lowest BCUT2D eigenvalue weighted by Gasteiger charge is -2.22. The third-order valence-electron chi connectivity index (χ3n) is 2.97. The van der Waals surface area contributed by atoms with Crippen molar-refractivity contribution in [3.8, 4) is 0 Å². The Morgan fingerprint density at radius 3 is 2.74 bits per heavy atom. The number of rotatable bonds is 2. The summed E-state index contributed by atoms with van der Waals surface area (Å²) >= 11 is 6.68. The molecule has 1 heterocycles. The minimum absolute atomic E-state index is 0.382. The van der Waals surface area contributed by atoms with Crippen LogP contribution in [0.3, 0.4) is 0 Å². The molecule has 0 radical (unpaired) electrons. The first kappa shape index (κ1) is 14.3. The number of halogens is 2. The van der Waals surface area contributed by atoms with Crippen molar-refractivity contribution in [2.75, 3.05) is 11.9 Å². The molecule has 1 aromatic carbocycles. The van der Waals surface area contributed by atoms with Crippen LogP contribution >= 0.6 is 31.9 Å². The van der Waals surface area contributed by atoms with Gasteiger partial charge >= 0.3 is 12.0 Å². The lowest BCUT2D eigenvalue weighted by molar-refractivity contribution is -0.141. The van der Waals surface area contributed by atoms with Crippen molar-refractivity contribution < 1.29 is 14.7 Å². The van der Waals surface area contributed by atoms with Crippen LogP contribution in [0.2, 0.25) is 0 Å². The Bertz CT molecular complexity index is 522. The molecule has 1 aliphatic heterocycles. The number of urea groups is 1. The van der Waals surface area contributed by atoms with Gasteiger partial charge in [0.05, 0.1) is 5.69 Å². The number of aliphatic carboxylic acids is 1. The number of carbonyl (C=O) groups is 2. The van der Waals surface area contributed by atoms with Crippen LogP contribution < -0.4 is 5.32 Å². The van der Waals surface area contributed by atoms with E-state index in [1.54, 1.807) is 12.1 Å². The second-order valence-electron chi connectivity index (χ2n) is 4.24. The zero-order valence-corrected chi connectivity index (χ0v) is 13.1. The Morgan fingerprint density at radius 1 is 1.37 bits per heavy atom. The van der Waals surface area contributed by atoms with Gasteiger partial charge in [-0.25, -0.2) is 9.59 Å². The van der Waals surface area contributed by atoms with Crippen molar-refractivity contribution in [1.82, 2.24) is 4.90 Å². The van der Waals surface area contributed by atoms with Crippen LogP contribution in [0.5, 0.6) is 0 Å². The summed E-state index contributed by atoms with van der Waals surface area (Å²) in [6, 6.07) is 4.26. The first-order chi connectivity index (χ1) is 8.99. The summed E-state index contributed by atoms with van der Waals surface area (Å²) in [5, 5.41) is 11.8. The van der Waals surface area contributed by atoms with Gasteiger partial charge in [0.15, 0.2) is 0 Å². The molecule has 5 nitrogen and oxygen atoms in total. The Kier molecular flexibility index (Phi) is 4.46. The van der Waals surface area contributed by atoms with E-state index in [-0.39, 0.29) is 6.03 Å². The van der Waals surface area contributed by atoms with Gasteiger partial charge < -0.3 is 15.3 Å². The Morgan fingerprint density at radius 2 is 2.11 bits per heavy atom. The minimum atomic E-state index is -0.956. The average molecular weight is 392 g/mol. The molecule has 0 saturated carbocycles. The van der Waals surface area contributed by atoms with Gasteiger partial charge in [0.1, 0.15) is 6.04 Å². The molecule has 1 unspecified atom stereocenters. The molecule has 1 saturated heterocycles. The first-order valence-corrected chi connectivity index (χ1v) is 7.33. The number of likely N-dealkylation sites (tertiary alicyclic amines) is 1. The molecule has 1 fully saturated rings. The highest BCUT2D eigenvalue weighted by atomic mass is 79.9. The average Bonchev–Trinajstić information content (AvgIpc) is 2.82. The summed E-state index contributed by atoms with van der Waals surface area (Å²) in [6.45, 7) is 0.469. The van der Waals surface area contributed by atoms with Crippen LogP contribution in [0.25, 0.3) is 0 Å². The Balaban J connectivity index is 2.10. The summed E-state index contributed by atoms with van der Waals surface area (Å²) in [4.78, 5) is 24.5. The van der Waals surface area contributed by atoms with Crippen molar-refractivity contribution in [3.05, 3.63) is 27.1 Å². The monoisotopic (exact) mass is 390 g/mol. The minimum Gasteiger partial charge on any atom is -0.480 e. The molecule has 0 bridgehead atoms. The molecule has 2 rings (SSSR count). The molecular formula is C12H12Br2N2O3. The summed E-state index contributed by atoms with van der Waals surface area (Å²) in [5.74, 6) is -0.956. The third kappa shape index (κ3) is 3.27. The quantitative estimate of drug-likeness (QED) is 0.812. The predicted octanol–water partition coefficient (Wildman–Crippen LogP) is 3.29. The lowest BCUT2D eigenvalue weighted by atomic mass is 10.2. The van der Waals surface area contributed by atoms with Crippen molar-refractivity contribution in [2.45, 2.75) is 18.9 Å². The van der Waals surface area contributed by atoms with Crippen molar-refractivity contribution in [3.63, 3.8) is 0 Å². The molecule has 0 aromatic heterocycles. The fourth-order valence-electron chi connectivity index (χ4n) is 2.04. The SMILES string of the molecule is O=C(O)C1CCCN1C(=O)Nc1ccc(Br)cc1Br. The van der Waals surface area contributed by atoms with Crippen LogP contribution in [-0.4, -0.2) is 34.6 Å². The molecule has 1 aromatic rings. The van der Waals surface area contributed by atoms with E-state index in [1.165, 1.54) is 4.90 Å². The van der Waals surface area contributed by atoms with Gasteiger partial charge in [0, 0.05) is 15.5 Å². The second-order valence-corrected chi connectivity index (χ2v) is 6.01. The van der Waals surface area contributed by atoms with Gasteiger partial charge in [-0.05, 0) is 47.0 Å². The van der Waals surface area contributed by atoms with Crippen LogP contribution in [0, 0.1) is 0 Å². The highest BCUT2D eigenvalue weighted by Crippen LogP contribution is 2.27. The van der Waals surface area contributed by atoms with Crippen LogP contribution in [0.1, 0.15) is 12.8 Å². The summed E-state index contributed by atoms with van der Waals surface area (Å²) < 4.78 is 1.63. The zero-order valence-electron chi connectivity index (χ0n) is 9.90. The smallest absolute Gasteiger partial charge is 0.326 e. The summed E-state index contributed by atoms with van der Waals surface area (Å²) in [5.41, 5.74) is 0.615. The zero-order chi connectivity index (χ0) is 14.0. The molecule has 2 amide bonds. The number of amides is 2. The number of hydrogen-bond acceptors (Lipinski definition) is 2. The fraction of sp³-hybridized carbons (Fsp3) is 0.333. The molecule has 19 heavy (non-hydrogen) atoms. The van der Waals surface area contributed by atoms with E-state index < -0.39 is 12.0 Å². The Hall–Kier alpha value is -1.08. The number of anilines is 1. The number of benzene rings is 1. The number of nitrogens with zero attached hydrogens (tertiary/aromatic N) is 1. The number of carboxylic acids is 1. The molecule has 7 heteroatoms. The molecular weight excluding hydrogens is 380 g/mol. The molecule has 0 spiro atoms. The van der Waals surface area contributed by atoms with Crippen LogP contribution in [-0.2, 0) is 4.79 Å². The first-order valence-electron chi connectivity index (χ1n) is 5.74. The normalized spacial score (nSPS) is 18.4. The van der Waals surface area contributed by atoms with E-state index in [0.29, 0.717) is 25.1 Å². The molecule has 102 valence electrons. The molecule has 2 N–H and O–H groups in total. The number of hydrogen-bond donors (Lipinski definition) is 2. The number of carbonyl (C=O) groups excluding carboxylic acids is 1. The molecule has 1 aliphatic rings. The van der Waals surface area contributed by atoms with Gasteiger partial charge in [0.2, 0.25) is 0 Å². The lowest BCUT2D eigenvalue weighted by Crippen LogP contribution is -2.42. The van der Waals surface area contributed by atoms with Gasteiger partial charge in [0.25, 0.3) is 0 Å². The van der Waals surface area contributed by atoms with Gasteiger partial charge in [-0.2, -0.15) is 0 Å². The summed E-state index contributed by atoms with van der Waals surface area (Å²) in [7, 11) is 0.